The number of halogens is 3. The Labute approximate surface area is 191 Å². The Kier molecular flexibility index (Phi) is 6.35. The molecule has 1 atom stereocenters. The van der Waals surface area contributed by atoms with Gasteiger partial charge in [-0.2, -0.15) is 0 Å². The fourth-order valence-electron chi connectivity index (χ4n) is 3.24. The number of hydrogen-bond acceptors (Lipinski definition) is 5. The summed E-state index contributed by atoms with van der Waals surface area (Å²) >= 11 is 13.3. The van der Waals surface area contributed by atoms with Gasteiger partial charge in [-0.05, 0) is 49.2 Å². The van der Waals surface area contributed by atoms with Crippen LogP contribution in [0.25, 0.3) is 10.6 Å². The molecule has 0 saturated carbocycles. The van der Waals surface area contributed by atoms with Crippen LogP contribution < -0.4 is 10.6 Å². The molecule has 7 nitrogen and oxygen atoms in total. The molecule has 4 rings (SSSR count). The normalized spacial score (nSPS) is 15.7. The molecule has 160 valence electrons. The number of rotatable bonds is 4. The second kappa shape index (κ2) is 9.17. The highest BCUT2D eigenvalue weighted by Gasteiger charge is 2.35. The van der Waals surface area contributed by atoms with Gasteiger partial charge in [0.1, 0.15) is 16.9 Å². The molecule has 1 unspecified atom stereocenters. The van der Waals surface area contributed by atoms with Crippen molar-refractivity contribution in [1.29, 1.82) is 0 Å². The van der Waals surface area contributed by atoms with E-state index >= 15 is 0 Å². The summed E-state index contributed by atoms with van der Waals surface area (Å²) in [6.07, 6.45) is 1.21. The van der Waals surface area contributed by atoms with Crippen LogP contribution in [0.5, 0.6) is 0 Å². The van der Waals surface area contributed by atoms with Crippen LogP contribution in [-0.2, 0) is 4.79 Å². The monoisotopic (exact) mass is 479 g/mol. The summed E-state index contributed by atoms with van der Waals surface area (Å²) in [5.74, 6) is -0.702. The molecule has 3 aromatic rings. The van der Waals surface area contributed by atoms with Gasteiger partial charge < -0.3 is 10.2 Å². The van der Waals surface area contributed by atoms with Crippen molar-refractivity contribution in [2.24, 2.45) is 0 Å². The Morgan fingerprint density at radius 2 is 1.87 bits per heavy atom. The number of nitrogens with one attached hydrogen (secondary N) is 2. The first-order valence-electron chi connectivity index (χ1n) is 9.34. The van der Waals surface area contributed by atoms with Crippen LogP contribution in [0.4, 0.5) is 20.0 Å². The molecule has 0 bridgehead atoms. The molecule has 1 saturated heterocycles. The van der Waals surface area contributed by atoms with Gasteiger partial charge in [-0.1, -0.05) is 40.6 Å². The maximum absolute atomic E-state index is 13.1. The van der Waals surface area contributed by atoms with E-state index in [1.54, 1.807) is 30.3 Å². The summed E-state index contributed by atoms with van der Waals surface area (Å²) in [7, 11) is 0. The summed E-state index contributed by atoms with van der Waals surface area (Å²) in [4.78, 5) is 27.0. The van der Waals surface area contributed by atoms with Crippen molar-refractivity contribution >= 4 is 57.3 Å². The second-order valence-corrected chi connectivity index (χ2v) is 8.55. The number of aromatic nitrogens is 2. The largest absolute Gasteiger partial charge is 0.322 e. The first-order valence-corrected chi connectivity index (χ1v) is 10.9. The third kappa shape index (κ3) is 4.79. The van der Waals surface area contributed by atoms with Crippen molar-refractivity contribution in [1.82, 2.24) is 15.1 Å². The zero-order chi connectivity index (χ0) is 22.0. The van der Waals surface area contributed by atoms with Gasteiger partial charge in [0.25, 0.3) is 0 Å². The van der Waals surface area contributed by atoms with Gasteiger partial charge in [0.05, 0.1) is 15.7 Å². The van der Waals surface area contributed by atoms with E-state index in [9.17, 15) is 14.0 Å². The Balaban J connectivity index is 1.43. The molecule has 0 radical (unpaired) electrons. The molecule has 2 N–H and O–H groups in total. The Bertz CT molecular complexity index is 1130. The van der Waals surface area contributed by atoms with Gasteiger partial charge in [0, 0.05) is 12.1 Å². The lowest BCUT2D eigenvalue weighted by molar-refractivity contribution is -0.119. The van der Waals surface area contributed by atoms with Gasteiger partial charge in [-0.15, -0.1) is 10.2 Å². The number of carbonyl (C=O) groups is 2. The molecule has 1 aromatic heterocycles. The molecule has 2 aromatic carbocycles. The molecule has 11 heteroatoms. The highest BCUT2D eigenvalue weighted by atomic mass is 35.5. The van der Waals surface area contributed by atoms with Crippen molar-refractivity contribution in [3.05, 3.63) is 58.3 Å². The minimum Gasteiger partial charge on any atom is -0.312 e. The number of urea groups is 1. The van der Waals surface area contributed by atoms with Crippen molar-refractivity contribution in [2.45, 2.75) is 18.9 Å². The van der Waals surface area contributed by atoms with Crippen LogP contribution in [0.2, 0.25) is 10.0 Å². The molecule has 3 amide bonds. The van der Waals surface area contributed by atoms with Crippen LogP contribution >= 0.6 is 34.5 Å². The van der Waals surface area contributed by atoms with Crippen LogP contribution in [0.15, 0.2) is 42.5 Å². The van der Waals surface area contributed by atoms with E-state index < -0.39 is 12.1 Å². The molecular formula is C20H16Cl2FN5O2S. The van der Waals surface area contributed by atoms with E-state index in [1.807, 2.05) is 0 Å². The molecule has 0 aliphatic carbocycles. The predicted octanol–water partition coefficient (Wildman–Crippen LogP) is 5.29. The average molecular weight is 480 g/mol. The molecule has 1 aliphatic rings. The van der Waals surface area contributed by atoms with Gasteiger partial charge in [-0.3, -0.25) is 10.1 Å². The lowest BCUT2D eigenvalue weighted by atomic mass is 10.2. The molecule has 1 fully saturated rings. The minimum absolute atomic E-state index is 0.236. The predicted molar refractivity (Wildman–Crippen MR) is 119 cm³/mol. The molecule has 0 spiro atoms. The number of hydrogen-bond donors (Lipinski definition) is 2. The van der Waals surface area contributed by atoms with Crippen molar-refractivity contribution in [3.8, 4) is 10.6 Å². The molecule has 2 heterocycles. The van der Waals surface area contributed by atoms with Gasteiger partial charge in [0.15, 0.2) is 0 Å². The number of likely N-dealkylation sites (tertiary alicyclic amines) is 1. The smallest absolute Gasteiger partial charge is 0.312 e. The van der Waals surface area contributed by atoms with Crippen molar-refractivity contribution in [2.75, 3.05) is 17.2 Å². The van der Waals surface area contributed by atoms with E-state index in [2.05, 4.69) is 20.8 Å². The third-order valence-electron chi connectivity index (χ3n) is 4.76. The summed E-state index contributed by atoms with van der Waals surface area (Å²) in [5.41, 5.74) is 1.07. The van der Waals surface area contributed by atoms with E-state index in [1.165, 1.54) is 28.4 Å². The van der Waals surface area contributed by atoms with Gasteiger partial charge in [-0.25, -0.2) is 9.18 Å². The van der Waals surface area contributed by atoms with Crippen LogP contribution in [0.1, 0.15) is 12.8 Å². The van der Waals surface area contributed by atoms with Crippen LogP contribution in [0.3, 0.4) is 0 Å². The number of anilines is 2. The lowest BCUT2D eigenvalue weighted by Crippen LogP contribution is -2.45. The van der Waals surface area contributed by atoms with E-state index in [0.717, 1.165) is 0 Å². The van der Waals surface area contributed by atoms with Crippen LogP contribution in [-0.4, -0.2) is 39.6 Å². The summed E-state index contributed by atoms with van der Waals surface area (Å²) in [5, 5.41) is 14.8. The Morgan fingerprint density at radius 1 is 1.10 bits per heavy atom. The van der Waals surface area contributed by atoms with Gasteiger partial charge >= 0.3 is 6.03 Å². The minimum atomic E-state index is -0.656. The summed E-state index contributed by atoms with van der Waals surface area (Å²) < 4.78 is 13.1. The maximum Gasteiger partial charge on any atom is 0.322 e. The molecule has 1 aliphatic heterocycles. The summed E-state index contributed by atoms with van der Waals surface area (Å²) in [6.45, 7) is 0.430. The maximum atomic E-state index is 13.1. The zero-order valence-electron chi connectivity index (χ0n) is 15.9. The van der Waals surface area contributed by atoms with E-state index in [-0.39, 0.29) is 16.7 Å². The van der Waals surface area contributed by atoms with Gasteiger partial charge in [0.2, 0.25) is 11.0 Å². The Hall–Kier alpha value is -2.75. The van der Waals surface area contributed by atoms with Crippen molar-refractivity contribution in [3.63, 3.8) is 0 Å². The number of benzene rings is 2. The summed E-state index contributed by atoms with van der Waals surface area (Å²) in [6, 6.07) is 9.67. The highest BCUT2D eigenvalue weighted by molar-refractivity contribution is 7.18. The van der Waals surface area contributed by atoms with Crippen LogP contribution in [0, 0.1) is 5.82 Å². The topological polar surface area (TPSA) is 87.2 Å². The quantitative estimate of drug-likeness (QED) is 0.532. The first kappa shape index (κ1) is 21.5. The average Bonchev–Trinajstić information content (AvgIpc) is 3.42. The SMILES string of the molecule is O=C(Nc1nnc(-c2ccc(F)cc2)s1)C1CCCN1C(=O)Nc1cccc(Cl)c1Cl. The molecule has 31 heavy (non-hydrogen) atoms. The molecular weight excluding hydrogens is 464 g/mol. The lowest BCUT2D eigenvalue weighted by Gasteiger charge is -2.24. The standard InChI is InChI=1S/C20H16Cl2FN5O2S/c21-13-3-1-4-14(16(13)22)24-20(30)28-10-2-5-15(28)17(29)25-19-27-26-18(31-19)11-6-8-12(23)9-7-11/h1,3-4,6-9,15H,2,5,10H2,(H,24,30)(H,25,27,29). The number of amides is 3. The van der Waals surface area contributed by atoms with E-state index in [0.29, 0.717) is 45.8 Å². The number of nitrogens with zero attached hydrogens (tertiary/aromatic N) is 3. The fourth-order valence-corrected chi connectivity index (χ4v) is 4.34. The van der Waals surface area contributed by atoms with Crippen molar-refractivity contribution < 1.29 is 14.0 Å². The fraction of sp³-hybridized carbons (Fsp3) is 0.200. The zero-order valence-corrected chi connectivity index (χ0v) is 18.3. The Morgan fingerprint density at radius 3 is 2.65 bits per heavy atom. The van der Waals surface area contributed by atoms with E-state index in [4.69, 9.17) is 23.2 Å². The third-order valence-corrected chi connectivity index (χ3v) is 6.46. The highest BCUT2D eigenvalue weighted by Crippen LogP contribution is 2.31. The number of carbonyl (C=O) groups excluding carboxylic acids is 2. The first-order chi connectivity index (χ1) is 14.9. The second-order valence-electron chi connectivity index (χ2n) is 6.79.